The summed E-state index contributed by atoms with van der Waals surface area (Å²) in [4.78, 5) is 28.7. The number of benzene rings is 2. The lowest BCUT2D eigenvalue weighted by Crippen LogP contribution is -2.48. The van der Waals surface area contributed by atoms with Crippen LogP contribution in [0.15, 0.2) is 48.5 Å². The van der Waals surface area contributed by atoms with E-state index in [2.05, 4.69) is 15.5 Å². The van der Waals surface area contributed by atoms with Crippen LogP contribution in [0, 0.1) is 0 Å². The fraction of sp³-hybridized carbons (Fsp3) is 0.375. The molecule has 1 aliphatic heterocycles. The lowest BCUT2D eigenvalue weighted by molar-refractivity contribution is -0.131. The van der Waals surface area contributed by atoms with E-state index < -0.39 is 0 Å². The van der Waals surface area contributed by atoms with Crippen LogP contribution < -0.4 is 20.3 Å². The van der Waals surface area contributed by atoms with Crippen molar-refractivity contribution in [2.75, 3.05) is 43.0 Å². The normalized spacial score (nSPS) is 13.4. The smallest absolute Gasteiger partial charge is 0.257 e. The van der Waals surface area contributed by atoms with Gasteiger partial charge >= 0.3 is 0 Å². The van der Waals surface area contributed by atoms with Gasteiger partial charge in [0.05, 0.1) is 18.0 Å². The fourth-order valence-electron chi connectivity index (χ4n) is 3.55. The first kappa shape index (κ1) is 23.5. The fourth-order valence-corrected chi connectivity index (χ4v) is 3.75. The van der Waals surface area contributed by atoms with Gasteiger partial charge in [0.15, 0.2) is 5.11 Å². The lowest BCUT2D eigenvalue weighted by atomic mass is 10.2. The molecule has 1 saturated heterocycles. The maximum atomic E-state index is 12.6. The first-order chi connectivity index (χ1) is 15.5. The number of anilines is 2. The van der Waals surface area contributed by atoms with Gasteiger partial charge in [-0.15, -0.1) is 0 Å². The SMILES string of the molecule is CCCOc1cccc(C(=O)NC(=S)Nc2ccccc2N2CCN(C(=O)CC)CC2)c1. The van der Waals surface area contributed by atoms with Gasteiger partial charge in [-0.2, -0.15) is 0 Å². The van der Waals surface area contributed by atoms with E-state index in [0.717, 1.165) is 30.9 Å². The second kappa shape index (κ2) is 11.5. The second-order valence-corrected chi connectivity index (χ2v) is 7.93. The molecule has 7 nitrogen and oxygen atoms in total. The predicted octanol–water partition coefficient (Wildman–Crippen LogP) is 3.66. The molecule has 0 aromatic heterocycles. The summed E-state index contributed by atoms with van der Waals surface area (Å²) in [7, 11) is 0. The van der Waals surface area contributed by atoms with Crippen LogP contribution in [0.2, 0.25) is 0 Å². The summed E-state index contributed by atoms with van der Waals surface area (Å²) in [5, 5.41) is 6.11. The Labute approximate surface area is 194 Å². The third-order valence-corrected chi connectivity index (χ3v) is 5.43. The average Bonchev–Trinajstić information content (AvgIpc) is 2.82. The Kier molecular flexibility index (Phi) is 8.44. The molecule has 0 unspecified atom stereocenters. The Balaban J connectivity index is 1.61. The van der Waals surface area contributed by atoms with E-state index in [0.29, 0.717) is 37.4 Å². The van der Waals surface area contributed by atoms with Crippen molar-refractivity contribution in [1.82, 2.24) is 10.2 Å². The molecule has 0 bridgehead atoms. The molecule has 2 N–H and O–H groups in total. The van der Waals surface area contributed by atoms with Crippen LogP contribution in [-0.2, 0) is 4.79 Å². The van der Waals surface area contributed by atoms with Crippen LogP contribution in [0.4, 0.5) is 11.4 Å². The molecule has 1 fully saturated rings. The van der Waals surface area contributed by atoms with Gasteiger partial charge in [-0.05, 0) is 49.0 Å². The number of ether oxygens (including phenoxy) is 1. The minimum Gasteiger partial charge on any atom is -0.494 e. The summed E-state index contributed by atoms with van der Waals surface area (Å²) >= 11 is 5.40. The molecular weight excluding hydrogens is 424 g/mol. The number of para-hydroxylation sites is 2. The van der Waals surface area contributed by atoms with Crippen molar-refractivity contribution in [3.63, 3.8) is 0 Å². The number of nitrogens with zero attached hydrogens (tertiary/aromatic N) is 2. The van der Waals surface area contributed by atoms with Gasteiger partial charge in [0.2, 0.25) is 5.91 Å². The van der Waals surface area contributed by atoms with Crippen molar-refractivity contribution < 1.29 is 14.3 Å². The summed E-state index contributed by atoms with van der Waals surface area (Å²) in [5.74, 6) is 0.544. The van der Waals surface area contributed by atoms with Gasteiger partial charge in [0, 0.05) is 38.2 Å². The topological polar surface area (TPSA) is 73.9 Å². The highest BCUT2D eigenvalue weighted by Gasteiger charge is 2.22. The highest BCUT2D eigenvalue weighted by Crippen LogP contribution is 2.26. The third-order valence-electron chi connectivity index (χ3n) is 5.22. The van der Waals surface area contributed by atoms with Crippen LogP contribution in [0.25, 0.3) is 0 Å². The second-order valence-electron chi connectivity index (χ2n) is 7.52. The zero-order chi connectivity index (χ0) is 22.9. The molecular formula is C24H30N4O3S. The molecule has 0 spiro atoms. The van der Waals surface area contributed by atoms with Crippen LogP contribution in [0.3, 0.4) is 0 Å². The Morgan fingerprint density at radius 3 is 2.50 bits per heavy atom. The van der Waals surface area contributed by atoms with Crippen molar-refractivity contribution >= 4 is 40.5 Å². The summed E-state index contributed by atoms with van der Waals surface area (Å²) in [6.07, 6.45) is 1.42. The van der Waals surface area contributed by atoms with Crippen molar-refractivity contribution in [3.05, 3.63) is 54.1 Å². The van der Waals surface area contributed by atoms with Gasteiger partial charge in [-0.25, -0.2) is 0 Å². The molecule has 1 aliphatic rings. The van der Waals surface area contributed by atoms with E-state index in [4.69, 9.17) is 17.0 Å². The Hall–Kier alpha value is -3.13. The number of hydrogen-bond donors (Lipinski definition) is 2. The molecule has 2 amide bonds. The molecule has 3 rings (SSSR count). The third kappa shape index (κ3) is 6.20. The van der Waals surface area contributed by atoms with E-state index in [1.165, 1.54) is 0 Å². The van der Waals surface area contributed by atoms with Crippen LogP contribution in [-0.4, -0.2) is 54.6 Å². The number of amides is 2. The molecule has 32 heavy (non-hydrogen) atoms. The summed E-state index contributed by atoms with van der Waals surface area (Å²) in [5.41, 5.74) is 2.28. The van der Waals surface area contributed by atoms with Crippen LogP contribution in [0.5, 0.6) is 5.75 Å². The number of thiocarbonyl (C=S) groups is 1. The molecule has 8 heteroatoms. The minimum atomic E-state index is -0.298. The largest absolute Gasteiger partial charge is 0.494 e. The van der Waals surface area contributed by atoms with E-state index in [1.54, 1.807) is 18.2 Å². The standard InChI is InChI=1S/C24H30N4O3S/c1-3-16-31-19-9-7-8-18(17-19)23(30)26-24(32)25-20-10-5-6-11-21(20)27-12-14-28(15-13-27)22(29)4-2/h5-11,17H,3-4,12-16H2,1-2H3,(H2,25,26,30,32). The summed E-state index contributed by atoms with van der Waals surface area (Å²) in [6, 6.07) is 14.9. The maximum absolute atomic E-state index is 12.6. The van der Waals surface area contributed by atoms with Crippen LogP contribution >= 0.6 is 12.2 Å². The summed E-state index contributed by atoms with van der Waals surface area (Å²) < 4.78 is 5.60. The Bertz CT molecular complexity index is 958. The number of carbonyl (C=O) groups excluding carboxylic acids is 2. The predicted molar refractivity (Wildman–Crippen MR) is 131 cm³/mol. The average molecular weight is 455 g/mol. The van der Waals surface area contributed by atoms with Crippen molar-refractivity contribution in [2.45, 2.75) is 26.7 Å². The van der Waals surface area contributed by atoms with Crippen molar-refractivity contribution in [1.29, 1.82) is 0 Å². The van der Waals surface area contributed by atoms with Gasteiger partial charge in [0.25, 0.3) is 5.91 Å². The first-order valence-corrected chi connectivity index (χ1v) is 11.4. The first-order valence-electron chi connectivity index (χ1n) is 11.0. The maximum Gasteiger partial charge on any atom is 0.257 e. The molecule has 0 atom stereocenters. The zero-order valence-corrected chi connectivity index (χ0v) is 19.4. The number of carbonyl (C=O) groups is 2. The van der Waals surface area contributed by atoms with Crippen molar-refractivity contribution in [3.8, 4) is 5.75 Å². The minimum absolute atomic E-state index is 0.184. The highest BCUT2D eigenvalue weighted by molar-refractivity contribution is 7.80. The van der Waals surface area contributed by atoms with Gasteiger partial charge in [-0.3, -0.25) is 14.9 Å². The van der Waals surface area contributed by atoms with E-state index in [1.807, 2.05) is 49.1 Å². The van der Waals surface area contributed by atoms with Crippen LogP contribution in [0.1, 0.15) is 37.0 Å². The summed E-state index contributed by atoms with van der Waals surface area (Å²) in [6.45, 7) is 7.39. The number of nitrogens with one attached hydrogen (secondary N) is 2. The molecule has 2 aromatic carbocycles. The number of rotatable bonds is 7. The van der Waals surface area contributed by atoms with Crippen molar-refractivity contribution in [2.24, 2.45) is 0 Å². The molecule has 1 heterocycles. The Morgan fingerprint density at radius 2 is 1.78 bits per heavy atom. The molecule has 2 aromatic rings. The van der Waals surface area contributed by atoms with Gasteiger partial charge in [0.1, 0.15) is 5.75 Å². The van der Waals surface area contributed by atoms with Gasteiger partial charge in [-0.1, -0.05) is 32.0 Å². The quantitative estimate of drug-likeness (QED) is 0.622. The Morgan fingerprint density at radius 1 is 1.03 bits per heavy atom. The van der Waals surface area contributed by atoms with E-state index in [-0.39, 0.29) is 16.9 Å². The monoisotopic (exact) mass is 454 g/mol. The van der Waals surface area contributed by atoms with E-state index >= 15 is 0 Å². The highest BCUT2D eigenvalue weighted by atomic mass is 32.1. The number of piperazine rings is 1. The zero-order valence-electron chi connectivity index (χ0n) is 18.6. The van der Waals surface area contributed by atoms with E-state index in [9.17, 15) is 9.59 Å². The number of hydrogen-bond acceptors (Lipinski definition) is 5. The van der Waals surface area contributed by atoms with Gasteiger partial charge < -0.3 is 19.9 Å². The molecule has 170 valence electrons. The molecule has 0 radical (unpaired) electrons. The molecule has 0 aliphatic carbocycles. The molecule has 0 saturated carbocycles. The lowest BCUT2D eigenvalue weighted by Gasteiger charge is -2.37.